The molecule has 4 nitrogen and oxygen atoms in total. The summed E-state index contributed by atoms with van der Waals surface area (Å²) in [5.41, 5.74) is 0. The average Bonchev–Trinajstić information content (AvgIpc) is 2.22. The van der Waals surface area contributed by atoms with E-state index in [4.69, 9.17) is 4.74 Å². The van der Waals surface area contributed by atoms with Crippen molar-refractivity contribution in [3.8, 4) is 6.07 Å². The van der Waals surface area contributed by atoms with Crippen LogP contribution in [0.3, 0.4) is 0 Å². The van der Waals surface area contributed by atoms with Gasteiger partial charge in [-0.3, -0.25) is 4.90 Å². The molecule has 1 saturated heterocycles. The predicted octanol–water partition coefficient (Wildman–Crippen LogP) is 0.408. The van der Waals surface area contributed by atoms with Crippen LogP contribution in [-0.2, 0) is 4.74 Å². The summed E-state index contributed by atoms with van der Waals surface area (Å²) in [7, 11) is 3.81. The van der Waals surface area contributed by atoms with Crippen molar-refractivity contribution in [3.63, 3.8) is 0 Å². The van der Waals surface area contributed by atoms with E-state index in [2.05, 4.69) is 29.8 Å². The van der Waals surface area contributed by atoms with Gasteiger partial charge >= 0.3 is 0 Å². The Kier molecular flexibility index (Phi) is 5.03. The van der Waals surface area contributed by atoms with Crippen LogP contribution in [0.15, 0.2) is 0 Å². The Bertz CT molecular complexity index is 218. The van der Waals surface area contributed by atoms with Gasteiger partial charge in [-0.05, 0) is 7.05 Å². The number of nitriles is 1. The van der Waals surface area contributed by atoms with Crippen LogP contribution < -0.4 is 0 Å². The molecule has 0 spiro atoms. The van der Waals surface area contributed by atoms with Crippen LogP contribution in [0.2, 0.25) is 0 Å². The zero-order chi connectivity index (χ0) is 11.3. The molecule has 0 aliphatic carbocycles. The molecule has 0 N–H and O–H groups in total. The van der Waals surface area contributed by atoms with Gasteiger partial charge in [-0.25, -0.2) is 0 Å². The Hall–Kier alpha value is -0.630. The molecular formula is C11H21N3O. The van der Waals surface area contributed by atoms with Crippen molar-refractivity contribution in [1.29, 1.82) is 5.26 Å². The first-order valence-electron chi connectivity index (χ1n) is 5.50. The highest BCUT2D eigenvalue weighted by atomic mass is 16.5. The Balaban J connectivity index is 2.48. The van der Waals surface area contributed by atoms with Crippen LogP contribution in [-0.4, -0.2) is 62.8 Å². The minimum atomic E-state index is -0.00125. The van der Waals surface area contributed by atoms with Gasteiger partial charge < -0.3 is 9.64 Å². The topological polar surface area (TPSA) is 39.5 Å². The summed E-state index contributed by atoms with van der Waals surface area (Å²) < 4.78 is 5.11. The van der Waals surface area contributed by atoms with Gasteiger partial charge in [-0.1, -0.05) is 6.92 Å². The van der Waals surface area contributed by atoms with E-state index in [0.29, 0.717) is 6.61 Å². The van der Waals surface area contributed by atoms with E-state index < -0.39 is 0 Å². The summed E-state index contributed by atoms with van der Waals surface area (Å²) in [6.45, 7) is 6.82. The number of ether oxygens (including phenoxy) is 1. The molecule has 0 radical (unpaired) electrons. The maximum atomic E-state index is 9.18. The number of rotatable bonds is 4. The van der Waals surface area contributed by atoms with Crippen LogP contribution in [0.4, 0.5) is 0 Å². The lowest BCUT2D eigenvalue weighted by Crippen LogP contribution is -2.51. The Morgan fingerprint density at radius 3 is 2.40 bits per heavy atom. The Labute approximate surface area is 92.4 Å². The van der Waals surface area contributed by atoms with Gasteiger partial charge in [-0.2, -0.15) is 5.26 Å². The molecule has 86 valence electrons. The fraction of sp³-hybridized carbons (Fsp3) is 0.909. The molecule has 1 rings (SSSR count). The van der Waals surface area contributed by atoms with E-state index in [1.165, 1.54) is 0 Å². The molecule has 0 saturated carbocycles. The van der Waals surface area contributed by atoms with E-state index in [-0.39, 0.29) is 12.0 Å². The van der Waals surface area contributed by atoms with E-state index in [9.17, 15) is 5.26 Å². The molecule has 15 heavy (non-hydrogen) atoms. The third kappa shape index (κ3) is 3.45. The molecule has 2 atom stereocenters. The van der Waals surface area contributed by atoms with Crippen LogP contribution in [0, 0.1) is 17.2 Å². The van der Waals surface area contributed by atoms with Crippen LogP contribution in [0.1, 0.15) is 6.92 Å². The van der Waals surface area contributed by atoms with Gasteiger partial charge in [0.05, 0.1) is 12.7 Å². The van der Waals surface area contributed by atoms with Crippen LogP contribution in [0.25, 0.3) is 0 Å². The molecule has 0 amide bonds. The highest BCUT2D eigenvalue weighted by molar-refractivity contribution is 4.96. The fourth-order valence-electron chi connectivity index (χ4n) is 2.02. The van der Waals surface area contributed by atoms with E-state index in [1.807, 2.05) is 0 Å². The van der Waals surface area contributed by atoms with Gasteiger partial charge in [0.1, 0.15) is 6.04 Å². The first-order chi connectivity index (χ1) is 7.19. The second-order valence-corrected chi connectivity index (χ2v) is 4.35. The SMILES string of the molecule is COCC(C)C(C#N)N1CCN(C)CC1. The molecule has 0 aromatic rings. The quantitative estimate of drug-likeness (QED) is 0.675. The lowest BCUT2D eigenvalue weighted by Gasteiger charge is -2.37. The summed E-state index contributed by atoms with van der Waals surface area (Å²) in [6, 6.07) is 2.40. The maximum Gasteiger partial charge on any atom is 0.103 e. The summed E-state index contributed by atoms with van der Waals surface area (Å²) in [4.78, 5) is 4.57. The number of likely N-dealkylation sites (N-methyl/N-ethyl adjacent to an activating group) is 1. The molecule has 0 aromatic carbocycles. The predicted molar refractivity (Wildman–Crippen MR) is 59.5 cm³/mol. The first-order valence-corrected chi connectivity index (χ1v) is 5.50. The molecule has 0 bridgehead atoms. The summed E-state index contributed by atoms with van der Waals surface area (Å²) in [5, 5.41) is 9.18. The number of hydrogen-bond acceptors (Lipinski definition) is 4. The molecule has 0 aromatic heterocycles. The average molecular weight is 211 g/mol. The normalized spacial score (nSPS) is 23.3. The molecule has 1 heterocycles. The monoisotopic (exact) mass is 211 g/mol. The number of nitrogens with zero attached hydrogens (tertiary/aromatic N) is 3. The zero-order valence-corrected chi connectivity index (χ0v) is 9.94. The van der Waals surface area contributed by atoms with E-state index in [0.717, 1.165) is 26.2 Å². The number of hydrogen-bond donors (Lipinski definition) is 0. The third-order valence-electron chi connectivity index (χ3n) is 3.03. The highest BCUT2D eigenvalue weighted by Gasteiger charge is 2.26. The maximum absolute atomic E-state index is 9.18. The molecule has 4 heteroatoms. The first kappa shape index (κ1) is 12.4. The van der Waals surface area contributed by atoms with E-state index >= 15 is 0 Å². The fourth-order valence-corrected chi connectivity index (χ4v) is 2.02. The summed E-state index contributed by atoms with van der Waals surface area (Å²) in [5.74, 6) is 0.281. The minimum Gasteiger partial charge on any atom is -0.384 e. The second-order valence-electron chi connectivity index (χ2n) is 4.35. The molecular weight excluding hydrogens is 190 g/mol. The number of piperazine rings is 1. The van der Waals surface area contributed by atoms with Crippen molar-refractivity contribution in [2.75, 3.05) is 46.9 Å². The van der Waals surface area contributed by atoms with E-state index in [1.54, 1.807) is 7.11 Å². The Morgan fingerprint density at radius 1 is 1.33 bits per heavy atom. The van der Waals surface area contributed by atoms with Gasteiger partial charge in [0.2, 0.25) is 0 Å². The van der Waals surface area contributed by atoms with Gasteiger partial charge in [0.15, 0.2) is 0 Å². The lowest BCUT2D eigenvalue weighted by molar-refractivity contribution is 0.0743. The van der Waals surface area contributed by atoms with Crippen LogP contribution >= 0.6 is 0 Å². The molecule has 1 aliphatic heterocycles. The van der Waals surface area contributed by atoms with Crippen molar-refractivity contribution >= 4 is 0 Å². The number of methoxy groups -OCH3 is 1. The second kappa shape index (κ2) is 6.06. The summed E-state index contributed by atoms with van der Waals surface area (Å²) in [6.07, 6.45) is 0. The smallest absolute Gasteiger partial charge is 0.103 e. The standard InChI is InChI=1S/C11H21N3O/c1-10(9-15-3)11(8-12)14-6-4-13(2)5-7-14/h10-11H,4-7,9H2,1-3H3. The zero-order valence-electron chi connectivity index (χ0n) is 9.94. The summed E-state index contributed by atoms with van der Waals surface area (Å²) >= 11 is 0. The van der Waals surface area contributed by atoms with Crippen molar-refractivity contribution in [2.45, 2.75) is 13.0 Å². The van der Waals surface area contributed by atoms with Gasteiger partial charge in [0.25, 0.3) is 0 Å². The lowest BCUT2D eigenvalue weighted by atomic mass is 10.0. The molecule has 1 aliphatic rings. The molecule has 1 fully saturated rings. The third-order valence-corrected chi connectivity index (χ3v) is 3.03. The minimum absolute atomic E-state index is 0.00125. The highest BCUT2D eigenvalue weighted by Crippen LogP contribution is 2.13. The van der Waals surface area contributed by atoms with Crippen molar-refractivity contribution in [1.82, 2.24) is 9.80 Å². The Morgan fingerprint density at radius 2 is 1.93 bits per heavy atom. The van der Waals surface area contributed by atoms with Crippen molar-refractivity contribution < 1.29 is 4.74 Å². The van der Waals surface area contributed by atoms with Crippen molar-refractivity contribution in [2.24, 2.45) is 5.92 Å². The largest absolute Gasteiger partial charge is 0.384 e. The van der Waals surface area contributed by atoms with Gasteiger partial charge in [-0.15, -0.1) is 0 Å². The van der Waals surface area contributed by atoms with Crippen LogP contribution in [0.5, 0.6) is 0 Å². The van der Waals surface area contributed by atoms with Gasteiger partial charge in [0, 0.05) is 39.2 Å². The molecule has 2 unspecified atom stereocenters. The van der Waals surface area contributed by atoms with Crippen molar-refractivity contribution in [3.05, 3.63) is 0 Å².